The summed E-state index contributed by atoms with van der Waals surface area (Å²) in [7, 11) is 0. The van der Waals surface area contributed by atoms with Crippen molar-refractivity contribution in [2.75, 3.05) is 19.7 Å². The summed E-state index contributed by atoms with van der Waals surface area (Å²) < 4.78 is 5.66. The van der Waals surface area contributed by atoms with Gasteiger partial charge in [-0.15, -0.1) is 0 Å². The summed E-state index contributed by atoms with van der Waals surface area (Å²) in [4.78, 5) is 38.7. The number of carbonyl (C=O) groups excluding carboxylic acids is 2. The van der Waals surface area contributed by atoms with Crippen molar-refractivity contribution < 1.29 is 24.2 Å². The smallest absolute Gasteiger partial charge is 0.407 e. The number of carbonyl (C=O) groups is 3. The van der Waals surface area contributed by atoms with Gasteiger partial charge in [0.1, 0.15) is 6.61 Å². The predicted molar refractivity (Wildman–Crippen MR) is 129 cm³/mol. The van der Waals surface area contributed by atoms with Crippen molar-refractivity contribution in [3.8, 4) is 11.1 Å². The van der Waals surface area contributed by atoms with Gasteiger partial charge >= 0.3 is 12.1 Å². The Morgan fingerprint density at radius 3 is 2.23 bits per heavy atom. The molecule has 35 heavy (non-hydrogen) atoms. The molecule has 4 aliphatic rings. The maximum absolute atomic E-state index is 13.0. The highest BCUT2D eigenvalue weighted by Gasteiger charge is 2.60. The van der Waals surface area contributed by atoms with Crippen LogP contribution in [0.25, 0.3) is 11.1 Å². The molecule has 7 heteroatoms. The number of carboxylic acid groups (broad SMARTS) is 1. The van der Waals surface area contributed by atoms with E-state index in [1.807, 2.05) is 41.3 Å². The molecule has 0 aromatic heterocycles. The Bertz CT molecular complexity index is 1170. The first-order valence-electron chi connectivity index (χ1n) is 12.3. The molecule has 180 valence electrons. The number of fused-ring (bicyclic) bond motifs is 4. The highest BCUT2D eigenvalue weighted by atomic mass is 16.5. The largest absolute Gasteiger partial charge is 0.481 e. The van der Waals surface area contributed by atoms with Crippen molar-refractivity contribution in [3.05, 3.63) is 71.8 Å². The van der Waals surface area contributed by atoms with Crippen molar-refractivity contribution in [1.82, 2.24) is 10.2 Å². The lowest BCUT2D eigenvalue weighted by molar-refractivity contribution is -0.141. The first kappa shape index (κ1) is 21.9. The van der Waals surface area contributed by atoms with Crippen LogP contribution in [0, 0.1) is 23.7 Å². The topological polar surface area (TPSA) is 95.9 Å². The minimum atomic E-state index is -0.750. The highest BCUT2D eigenvalue weighted by Crippen LogP contribution is 2.52. The minimum Gasteiger partial charge on any atom is -0.481 e. The van der Waals surface area contributed by atoms with Crippen LogP contribution in [0.5, 0.6) is 0 Å². The van der Waals surface area contributed by atoms with Crippen LogP contribution >= 0.6 is 0 Å². The number of piperidine rings is 1. The minimum absolute atomic E-state index is 0.000559. The number of nitrogens with one attached hydrogen (secondary N) is 1. The molecule has 0 radical (unpaired) electrons. The lowest BCUT2D eigenvalue weighted by atomic mass is 9.90. The first-order chi connectivity index (χ1) is 17.0. The molecule has 4 atom stereocenters. The summed E-state index contributed by atoms with van der Waals surface area (Å²) in [6.07, 6.45) is 4.54. The Morgan fingerprint density at radius 2 is 1.60 bits per heavy atom. The van der Waals surface area contributed by atoms with E-state index in [0.717, 1.165) is 0 Å². The number of hydrogen-bond donors (Lipinski definition) is 2. The van der Waals surface area contributed by atoms with Gasteiger partial charge in [-0.3, -0.25) is 9.59 Å². The van der Waals surface area contributed by atoms with E-state index in [2.05, 4.69) is 29.6 Å². The van der Waals surface area contributed by atoms with Gasteiger partial charge in [0.2, 0.25) is 5.91 Å². The van der Waals surface area contributed by atoms with E-state index in [0.29, 0.717) is 25.9 Å². The molecule has 1 heterocycles. The van der Waals surface area contributed by atoms with E-state index >= 15 is 0 Å². The number of nitrogens with zero attached hydrogens (tertiary/aromatic N) is 1. The van der Waals surface area contributed by atoms with Gasteiger partial charge in [0, 0.05) is 24.9 Å². The second kappa shape index (κ2) is 8.56. The van der Waals surface area contributed by atoms with Crippen LogP contribution < -0.4 is 5.32 Å². The first-order valence-corrected chi connectivity index (χ1v) is 12.3. The molecule has 0 bridgehead atoms. The molecular weight excluding hydrogens is 444 g/mol. The maximum atomic E-state index is 13.0. The molecule has 0 spiro atoms. The number of carboxylic acids is 1. The summed E-state index contributed by atoms with van der Waals surface area (Å²) in [6.45, 7) is 1.32. The molecular formula is C28H28N2O5. The third kappa shape index (κ3) is 3.89. The Morgan fingerprint density at radius 1 is 0.971 bits per heavy atom. The third-order valence-electron chi connectivity index (χ3n) is 8.11. The molecule has 2 amide bonds. The van der Waals surface area contributed by atoms with Gasteiger partial charge < -0.3 is 20.1 Å². The molecule has 2 aromatic rings. The average molecular weight is 473 g/mol. The Labute approximate surface area is 203 Å². The van der Waals surface area contributed by atoms with E-state index in [1.54, 1.807) is 0 Å². The molecule has 1 saturated heterocycles. The fraction of sp³-hybridized carbons (Fsp3) is 0.393. The number of benzene rings is 2. The quantitative estimate of drug-likeness (QED) is 0.648. The van der Waals surface area contributed by atoms with Crippen LogP contribution in [0.4, 0.5) is 4.79 Å². The van der Waals surface area contributed by atoms with Crippen LogP contribution in [-0.2, 0) is 14.3 Å². The summed E-state index contributed by atoms with van der Waals surface area (Å²) in [6, 6.07) is 16.2. The van der Waals surface area contributed by atoms with Gasteiger partial charge in [0.25, 0.3) is 0 Å². The Balaban J connectivity index is 1.03. The second-order valence-corrected chi connectivity index (χ2v) is 10.1. The lowest BCUT2D eigenvalue weighted by Gasteiger charge is -2.29. The molecule has 2 unspecified atom stereocenters. The monoisotopic (exact) mass is 472 g/mol. The van der Waals surface area contributed by atoms with E-state index in [4.69, 9.17) is 4.74 Å². The van der Waals surface area contributed by atoms with E-state index < -0.39 is 12.1 Å². The average Bonchev–Trinajstić information content (AvgIpc) is 3.22. The van der Waals surface area contributed by atoms with Crippen molar-refractivity contribution >= 4 is 18.0 Å². The van der Waals surface area contributed by atoms with Crippen molar-refractivity contribution in [2.24, 2.45) is 23.7 Å². The number of aliphatic carboxylic acids is 1. The highest BCUT2D eigenvalue weighted by molar-refractivity contribution is 5.82. The van der Waals surface area contributed by atoms with E-state index in [9.17, 15) is 19.5 Å². The SMILES string of the molecule is O=C(N[C@@H]1C=CC[C@@H](C(=O)N2CC3C(C2)C3C(=O)O)C1)OCC1c2ccccc2-c2ccccc21. The number of ether oxygens (including phenoxy) is 1. The summed E-state index contributed by atoms with van der Waals surface area (Å²) in [5, 5.41) is 12.1. The number of alkyl carbamates (subject to hydrolysis) is 1. The molecule has 1 saturated carbocycles. The van der Waals surface area contributed by atoms with Crippen LogP contribution in [-0.4, -0.2) is 53.7 Å². The number of likely N-dealkylation sites (tertiary alicyclic amines) is 1. The normalized spacial score (nSPS) is 28.1. The van der Waals surface area contributed by atoms with Crippen molar-refractivity contribution in [1.29, 1.82) is 0 Å². The fourth-order valence-corrected chi connectivity index (χ4v) is 6.32. The Hall–Kier alpha value is -3.61. The zero-order valence-electron chi connectivity index (χ0n) is 19.3. The van der Waals surface area contributed by atoms with Crippen LogP contribution in [0.1, 0.15) is 29.9 Å². The number of rotatable bonds is 5. The zero-order chi connectivity index (χ0) is 24.1. The third-order valence-corrected chi connectivity index (χ3v) is 8.11. The van der Waals surface area contributed by atoms with Crippen molar-refractivity contribution in [2.45, 2.75) is 24.8 Å². The maximum Gasteiger partial charge on any atom is 0.407 e. The van der Waals surface area contributed by atoms with Crippen LogP contribution in [0.3, 0.4) is 0 Å². The molecule has 7 nitrogen and oxygen atoms in total. The molecule has 1 aliphatic heterocycles. The summed E-state index contributed by atoms with van der Waals surface area (Å²) >= 11 is 0. The standard InChI is InChI=1S/C28H28N2O5/c31-26(30-13-22-23(14-30)25(22)27(32)33)16-6-5-7-17(12-16)29-28(34)35-15-24-20-10-3-1-8-18(20)19-9-2-4-11-21(19)24/h1-5,7-11,16-17,22-25H,6,12-15H2,(H,29,34)(H,32,33)/t16-,17-,22?,23?,25?/m1/s1. The Kier molecular flexibility index (Phi) is 5.35. The number of allylic oxidation sites excluding steroid dienone is 1. The van der Waals surface area contributed by atoms with Gasteiger partial charge in [-0.05, 0) is 46.9 Å². The molecule has 6 rings (SSSR count). The van der Waals surface area contributed by atoms with Crippen LogP contribution in [0.2, 0.25) is 0 Å². The van der Waals surface area contributed by atoms with E-state index in [-0.39, 0.29) is 48.1 Å². The molecule has 3 aliphatic carbocycles. The summed E-state index contributed by atoms with van der Waals surface area (Å²) in [5.41, 5.74) is 4.70. The van der Waals surface area contributed by atoms with Gasteiger partial charge in [-0.2, -0.15) is 0 Å². The molecule has 2 N–H and O–H groups in total. The fourth-order valence-electron chi connectivity index (χ4n) is 6.32. The predicted octanol–water partition coefficient (Wildman–Crippen LogP) is 3.65. The van der Waals surface area contributed by atoms with Gasteiger partial charge in [0.05, 0.1) is 12.0 Å². The lowest BCUT2D eigenvalue weighted by Crippen LogP contribution is -2.43. The van der Waals surface area contributed by atoms with Crippen molar-refractivity contribution in [3.63, 3.8) is 0 Å². The van der Waals surface area contributed by atoms with Gasteiger partial charge in [0.15, 0.2) is 0 Å². The number of amides is 2. The summed E-state index contributed by atoms with van der Waals surface area (Å²) in [5.74, 6) is -0.978. The van der Waals surface area contributed by atoms with Gasteiger partial charge in [-0.1, -0.05) is 60.7 Å². The molecule has 2 fully saturated rings. The van der Waals surface area contributed by atoms with E-state index in [1.165, 1.54) is 22.3 Å². The zero-order valence-corrected chi connectivity index (χ0v) is 19.3. The second-order valence-electron chi connectivity index (χ2n) is 10.1. The van der Waals surface area contributed by atoms with Gasteiger partial charge in [-0.25, -0.2) is 4.79 Å². The van der Waals surface area contributed by atoms with Crippen LogP contribution in [0.15, 0.2) is 60.7 Å². The molecule has 2 aromatic carbocycles. The number of hydrogen-bond acceptors (Lipinski definition) is 4.